The van der Waals surface area contributed by atoms with Gasteiger partial charge < -0.3 is 4.74 Å². The Morgan fingerprint density at radius 3 is 2.56 bits per heavy atom. The van der Waals surface area contributed by atoms with E-state index in [1.54, 1.807) is 11.3 Å². The minimum absolute atomic E-state index is 0.0882. The molecule has 1 aromatic heterocycles. The molecule has 18 heavy (non-hydrogen) atoms. The van der Waals surface area contributed by atoms with E-state index < -0.39 is 0 Å². The quantitative estimate of drug-likeness (QED) is 0.812. The topological polar surface area (TPSA) is 12.5 Å². The Morgan fingerprint density at radius 2 is 1.89 bits per heavy atom. The molecule has 0 spiro atoms. The van der Waals surface area contributed by atoms with Crippen LogP contribution in [-0.2, 0) is 4.74 Å². The van der Waals surface area contributed by atoms with E-state index in [9.17, 15) is 0 Å². The van der Waals surface area contributed by atoms with E-state index in [-0.39, 0.29) is 12.3 Å². The number of hydrogen-bond donors (Lipinski definition) is 0. The third-order valence-corrected chi connectivity index (χ3v) is 4.54. The van der Waals surface area contributed by atoms with Crippen molar-refractivity contribution >= 4 is 11.3 Å². The van der Waals surface area contributed by atoms with E-state index in [0.717, 1.165) is 0 Å². The number of hydrogen-bond acceptors (Lipinski definition) is 3. The summed E-state index contributed by atoms with van der Waals surface area (Å²) in [7, 11) is 2.14. The van der Waals surface area contributed by atoms with E-state index in [4.69, 9.17) is 4.74 Å². The summed E-state index contributed by atoms with van der Waals surface area (Å²) in [5, 5.41) is 2.10. The molecule has 1 saturated heterocycles. The summed E-state index contributed by atoms with van der Waals surface area (Å²) in [5.74, 6) is 0. The van der Waals surface area contributed by atoms with Crippen LogP contribution in [-0.4, -0.2) is 18.0 Å². The summed E-state index contributed by atoms with van der Waals surface area (Å²) < 4.78 is 6.25. The van der Waals surface area contributed by atoms with E-state index in [2.05, 4.69) is 60.6 Å². The molecule has 3 atom stereocenters. The lowest BCUT2D eigenvalue weighted by Crippen LogP contribution is -2.26. The van der Waals surface area contributed by atoms with Gasteiger partial charge in [0.15, 0.2) is 0 Å². The van der Waals surface area contributed by atoms with Gasteiger partial charge in [-0.15, -0.1) is 11.3 Å². The molecule has 1 fully saturated rings. The van der Waals surface area contributed by atoms with Crippen molar-refractivity contribution in [1.29, 1.82) is 0 Å². The monoisotopic (exact) mass is 259 g/mol. The SMILES string of the molecule is C[C@@H]1[C@H](c2ccccc2)OC(c2cccs2)N1C. The largest absolute Gasteiger partial charge is 0.348 e. The van der Waals surface area contributed by atoms with Gasteiger partial charge >= 0.3 is 0 Å². The predicted molar refractivity (Wildman–Crippen MR) is 74.6 cm³/mol. The first-order chi connectivity index (χ1) is 8.77. The van der Waals surface area contributed by atoms with E-state index in [0.29, 0.717) is 6.04 Å². The van der Waals surface area contributed by atoms with Crippen molar-refractivity contribution in [2.45, 2.75) is 25.3 Å². The van der Waals surface area contributed by atoms with Gasteiger partial charge in [-0.1, -0.05) is 36.4 Å². The van der Waals surface area contributed by atoms with Gasteiger partial charge in [-0.05, 0) is 31.0 Å². The van der Waals surface area contributed by atoms with Crippen molar-refractivity contribution in [1.82, 2.24) is 4.90 Å². The molecule has 1 unspecified atom stereocenters. The number of ether oxygens (including phenoxy) is 1. The van der Waals surface area contributed by atoms with Gasteiger partial charge in [0, 0.05) is 10.9 Å². The Labute approximate surface area is 112 Å². The second kappa shape index (κ2) is 4.84. The molecule has 0 radical (unpaired) electrons. The van der Waals surface area contributed by atoms with Gasteiger partial charge in [0.25, 0.3) is 0 Å². The van der Waals surface area contributed by atoms with Crippen molar-refractivity contribution < 1.29 is 4.74 Å². The zero-order valence-corrected chi connectivity index (χ0v) is 11.4. The first-order valence-corrected chi connectivity index (χ1v) is 7.11. The number of nitrogens with zero attached hydrogens (tertiary/aromatic N) is 1. The minimum Gasteiger partial charge on any atom is -0.348 e. The first kappa shape index (κ1) is 11.9. The third kappa shape index (κ3) is 1.99. The molecular weight excluding hydrogens is 242 g/mol. The van der Waals surface area contributed by atoms with Crippen LogP contribution in [0.4, 0.5) is 0 Å². The van der Waals surface area contributed by atoms with Crippen molar-refractivity contribution in [2.75, 3.05) is 7.05 Å². The normalized spacial score (nSPS) is 28.7. The Morgan fingerprint density at radius 1 is 1.11 bits per heavy atom. The second-order valence-electron chi connectivity index (χ2n) is 4.74. The fourth-order valence-electron chi connectivity index (χ4n) is 2.48. The first-order valence-electron chi connectivity index (χ1n) is 6.23. The van der Waals surface area contributed by atoms with Gasteiger partial charge in [0.05, 0.1) is 0 Å². The van der Waals surface area contributed by atoms with E-state index in [1.807, 2.05) is 6.07 Å². The highest BCUT2D eigenvalue weighted by atomic mass is 32.1. The smallest absolute Gasteiger partial charge is 0.147 e. The molecular formula is C15H17NOS. The van der Waals surface area contributed by atoms with Gasteiger partial charge in [0.2, 0.25) is 0 Å². The summed E-state index contributed by atoms with van der Waals surface area (Å²) >= 11 is 1.76. The van der Waals surface area contributed by atoms with Crippen LogP contribution in [0, 0.1) is 0 Å². The van der Waals surface area contributed by atoms with E-state index in [1.165, 1.54) is 10.4 Å². The molecule has 0 bridgehead atoms. The van der Waals surface area contributed by atoms with Gasteiger partial charge in [-0.25, -0.2) is 0 Å². The van der Waals surface area contributed by atoms with Crippen molar-refractivity contribution in [3.8, 4) is 0 Å². The molecule has 3 heteroatoms. The molecule has 94 valence electrons. The molecule has 0 aliphatic carbocycles. The van der Waals surface area contributed by atoms with Crippen LogP contribution in [0.5, 0.6) is 0 Å². The molecule has 0 amide bonds. The lowest BCUT2D eigenvalue weighted by molar-refractivity contribution is 0.00809. The predicted octanol–water partition coefficient (Wildman–Crippen LogP) is 3.84. The lowest BCUT2D eigenvalue weighted by Gasteiger charge is -2.20. The lowest BCUT2D eigenvalue weighted by atomic mass is 10.0. The molecule has 1 aliphatic rings. The highest BCUT2D eigenvalue weighted by Crippen LogP contribution is 2.42. The summed E-state index contributed by atoms with van der Waals surface area (Å²) in [6.45, 7) is 2.23. The highest BCUT2D eigenvalue weighted by Gasteiger charge is 2.38. The highest BCUT2D eigenvalue weighted by molar-refractivity contribution is 7.10. The molecule has 0 saturated carbocycles. The third-order valence-electron chi connectivity index (χ3n) is 3.64. The van der Waals surface area contributed by atoms with Crippen LogP contribution in [0.2, 0.25) is 0 Å². The van der Waals surface area contributed by atoms with Crippen molar-refractivity contribution in [2.24, 2.45) is 0 Å². The zero-order chi connectivity index (χ0) is 12.5. The van der Waals surface area contributed by atoms with E-state index >= 15 is 0 Å². The maximum Gasteiger partial charge on any atom is 0.147 e. The summed E-state index contributed by atoms with van der Waals surface area (Å²) in [6.07, 6.45) is 0.244. The van der Waals surface area contributed by atoms with Crippen molar-refractivity contribution in [3.63, 3.8) is 0 Å². The second-order valence-corrected chi connectivity index (χ2v) is 5.72. The fourth-order valence-corrected chi connectivity index (χ4v) is 3.28. The van der Waals surface area contributed by atoms with Crippen LogP contribution in [0.25, 0.3) is 0 Å². The molecule has 2 nitrogen and oxygen atoms in total. The summed E-state index contributed by atoms with van der Waals surface area (Å²) in [5.41, 5.74) is 1.26. The zero-order valence-electron chi connectivity index (χ0n) is 10.6. The van der Waals surface area contributed by atoms with Gasteiger partial charge in [-0.2, -0.15) is 0 Å². The average molecular weight is 259 g/mol. The van der Waals surface area contributed by atoms with Crippen LogP contribution >= 0.6 is 11.3 Å². The van der Waals surface area contributed by atoms with Crippen LogP contribution in [0.15, 0.2) is 47.8 Å². The Hall–Kier alpha value is -1.16. The molecule has 2 heterocycles. The van der Waals surface area contributed by atoms with Crippen LogP contribution < -0.4 is 0 Å². The van der Waals surface area contributed by atoms with Crippen LogP contribution in [0.3, 0.4) is 0 Å². The number of likely N-dealkylation sites (N-methyl/N-ethyl adjacent to an activating group) is 1. The Balaban J connectivity index is 1.87. The molecule has 1 aliphatic heterocycles. The Kier molecular flexibility index (Phi) is 3.20. The maximum atomic E-state index is 6.25. The number of benzene rings is 1. The molecule has 0 N–H and O–H groups in total. The standard InChI is InChI=1S/C15H17NOS/c1-11-14(12-7-4-3-5-8-12)17-15(16(11)2)13-9-6-10-18-13/h3-11,14-15H,1-2H3/t11-,14-,15?/m1/s1. The average Bonchev–Trinajstić information content (AvgIpc) is 3.01. The number of thiophene rings is 1. The Bertz CT molecular complexity index is 496. The summed E-state index contributed by atoms with van der Waals surface area (Å²) in [6, 6.07) is 15.1. The van der Waals surface area contributed by atoms with Crippen LogP contribution in [0.1, 0.15) is 29.7 Å². The fraction of sp³-hybridized carbons (Fsp3) is 0.333. The molecule has 1 aromatic carbocycles. The molecule has 2 aromatic rings. The molecule has 3 rings (SSSR count). The van der Waals surface area contributed by atoms with Gasteiger partial charge in [-0.3, -0.25) is 4.90 Å². The van der Waals surface area contributed by atoms with Crippen molar-refractivity contribution in [3.05, 3.63) is 58.3 Å². The minimum atomic E-state index is 0.0882. The summed E-state index contributed by atoms with van der Waals surface area (Å²) in [4.78, 5) is 3.59. The van der Waals surface area contributed by atoms with Gasteiger partial charge in [0.1, 0.15) is 12.3 Å². The maximum absolute atomic E-state index is 6.25. The number of rotatable bonds is 2.